The van der Waals surface area contributed by atoms with E-state index >= 15 is 0 Å². The summed E-state index contributed by atoms with van der Waals surface area (Å²) in [5.74, 6) is 0.916. The molecule has 2 bridgehead atoms. The number of hydrogen-bond acceptors (Lipinski definition) is 2. The Morgan fingerprint density at radius 3 is 2.08 bits per heavy atom. The lowest BCUT2D eigenvalue weighted by Gasteiger charge is -2.57. The molecule has 0 spiro atoms. The van der Waals surface area contributed by atoms with Crippen LogP contribution in [-0.2, 0) is 0 Å². The largest absolute Gasteiger partial charge is 0.318 e. The van der Waals surface area contributed by atoms with Gasteiger partial charge in [-0.15, -0.1) is 0 Å². The van der Waals surface area contributed by atoms with Crippen LogP contribution in [0, 0.1) is 11.3 Å². The molecule has 0 aromatic heterocycles. The van der Waals surface area contributed by atoms with Gasteiger partial charge in [0.15, 0.2) is 0 Å². The predicted molar refractivity (Wildman–Crippen MR) is 55.3 cm³/mol. The van der Waals surface area contributed by atoms with Crippen LogP contribution in [0.25, 0.3) is 0 Å². The molecule has 2 aliphatic heterocycles. The zero-order valence-electron chi connectivity index (χ0n) is 9.09. The molecule has 2 nitrogen and oxygen atoms in total. The van der Waals surface area contributed by atoms with Crippen molar-refractivity contribution in [1.29, 1.82) is 0 Å². The van der Waals surface area contributed by atoms with E-state index < -0.39 is 0 Å². The minimum absolute atomic E-state index is 0.498. The second-order valence-electron chi connectivity index (χ2n) is 5.77. The topological polar surface area (TPSA) is 29.3 Å². The van der Waals surface area contributed by atoms with Gasteiger partial charge in [0, 0.05) is 18.8 Å². The summed E-state index contributed by atoms with van der Waals surface area (Å²) >= 11 is 0. The molecule has 1 aliphatic carbocycles. The van der Waals surface area contributed by atoms with Gasteiger partial charge in [-0.3, -0.25) is 4.90 Å². The van der Waals surface area contributed by atoms with Crippen molar-refractivity contribution < 1.29 is 0 Å². The lowest BCUT2D eigenvalue weighted by Crippen LogP contribution is -2.63. The Morgan fingerprint density at radius 2 is 1.69 bits per heavy atom. The SMILES string of the molecule is CC(C)(C)C1CC2CC(C1)N2CN. The van der Waals surface area contributed by atoms with Crippen LogP contribution in [0.3, 0.4) is 0 Å². The van der Waals surface area contributed by atoms with E-state index in [1.165, 1.54) is 19.3 Å². The zero-order valence-corrected chi connectivity index (χ0v) is 9.09. The molecule has 2 saturated heterocycles. The monoisotopic (exact) mass is 182 g/mol. The van der Waals surface area contributed by atoms with Crippen molar-refractivity contribution in [3.05, 3.63) is 0 Å². The Balaban J connectivity index is 1.97. The molecule has 13 heavy (non-hydrogen) atoms. The second kappa shape index (κ2) is 2.96. The summed E-state index contributed by atoms with van der Waals surface area (Å²) in [5, 5.41) is 0. The van der Waals surface area contributed by atoms with E-state index in [4.69, 9.17) is 5.73 Å². The average Bonchev–Trinajstić information content (AvgIpc) is 2.03. The third-order valence-corrected chi connectivity index (χ3v) is 4.03. The first kappa shape index (κ1) is 9.47. The number of rotatable bonds is 1. The van der Waals surface area contributed by atoms with Gasteiger partial charge in [-0.05, 0) is 30.6 Å². The molecule has 76 valence electrons. The average molecular weight is 182 g/mol. The van der Waals surface area contributed by atoms with Crippen LogP contribution >= 0.6 is 0 Å². The van der Waals surface area contributed by atoms with Crippen LogP contribution in [0.4, 0.5) is 0 Å². The van der Waals surface area contributed by atoms with Gasteiger partial charge in [-0.2, -0.15) is 0 Å². The molecular formula is C11H22N2. The fourth-order valence-electron chi connectivity index (χ4n) is 2.97. The first-order valence-corrected chi connectivity index (χ1v) is 5.48. The van der Waals surface area contributed by atoms with Crippen LogP contribution in [0.1, 0.15) is 40.0 Å². The summed E-state index contributed by atoms with van der Waals surface area (Å²) in [4.78, 5) is 2.47. The highest BCUT2D eigenvalue weighted by molar-refractivity contribution is 5.01. The first-order chi connectivity index (χ1) is 6.02. The van der Waals surface area contributed by atoms with Crippen LogP contribution in [0.5, 0.6) is 0 Å². The van der Waals surface area contributed by atoms with Gasteiger partial charge in [-0.1, -0.05) is 20.8 Å². The summed E-state index contributed by atoms with van der Waals surface area (Å²) in [5.41, 5.74) is 6.20. The van der Waals surface area contributed by atoms with Gasteiger partial charge in [0.05, 0.1) is 0 Å². The molecule has 1 saturated carbocycles. The molecule has 2 N–H and O–H groups in total. The van der Waals surface area contributed by atoms with Crippen LogP contribution in [0.2, 0.25) is 0 Å². The molecule has 3 fully saturated rings. The molecule has 2 heterocycles. The molecule has 2 unspecified atom stereocenters. The number of piperidine rings is 1. The van der Waals surface area contributed by atoms with Crippen molar-refractivity contribution in [2.24, 2.45) is 17.1 Å². The maximum atomic E-state index is 5.70. The fourth-order valence-corrected chi connectivity index (χ4v) is 2.97. The van der Waals surface area contributed by atoms with Gasteiger partial charge in [0.25, 0.3) is 0 Å². The third-order valence-electron chi connectivity index (χ3n) is 4.03. The Labute approximate surface area is 81.5 Å². The molecule has 0 amide bonds. The maximum absolute atomic E-state index is 5.70. The molecular weight excluding hydrogens is 160 g/mol. The predicted octanol–water partition coefficient (Wildman–Crippen LogP) is 1.80. The Morgan fingerprint density at radius 1 is 1.15 bits per heavy atom. The van der Waals surface area contributed by atoms with E-state index in [0.29, 0.717) is 5.41 Å². The molecule has 0 aromatic rings. The minimum Gasteiger partial charge on any atom is -0.318 e. The highest BCUT2D eigenvalue weighted by Gasteiger charge is 2.46. The second-order valence-corrected chi connectivity index (χ2v) is 5.77. The van der Waals surface area contributed by atoms with Crippen LogP contribution in [0.15, 0.2) is 0 Å². The van der Waals surface area contributed by atoms with E-state index in [1.807, 2.05) is 0 Å². The van der Waals surface area contributed by atoms with E-state index in [2.05, 4.69) is 25.7 Å². The highest BCUT2D eigenvalue weighted by Crippen LogP contribution is 2.46. The lowest BCUT2D eigenvalue weighted by atomic mass is 9.65. The summed E-state index contributed by atoms with van der Waals surface area (Å²) in [6, 6.07) is 1.63. The Bertz CT molecular complexity index is 183. The zero-order chi connectivity index (χ0) is 9.64. The molecule has 2 atom stereocenters. The third kappa shape index (κ3) is 1.50. The quantitative estimate of drug-likeness (QED) is 0.670. The van der Waals surface area contributed by atoms with E-state index in [1.54, 1.807) is 0 Å². The van der Waals surface area contributed by atoms with Gasteiger partial charge in [0.2, 0.25) is 0 Å². The molecule has 0 radical (unpaired) electrons. The molecule has 3 rings (SSSR count). The van der Waals surface area contributed by atoms with Crippen LogP contribution in [-0.4, -0.2) is 23.7 Å². The van der Waals surface area contributed by atoms with E-state index in [-0.39, 0.29) is 0 Å². The van der Waals surface area contributed by atoms with Crippen molar-refractivity contribution in [3.8, 4) is 0 Å². The van der Waals surface area contributed by atoms with Crippen molar-refractivity contribution in [3.63, 3.8) is 0 Å². The summed E-state index contributed by atoms with van der Waals surface area (Å²) in [6.07, 6.45) is 4.15. The van der Waals surface area contributed by atoms with Crippen molar-refractivity contribution >= 4 is 0 Å². The van der Waals surface area contributed by atoms with E-state index in [9.17, 15) is 0 Å². The minimum atomic E-state index is 0.498. The van der Waals surface area contributed by atoms with Crippen molar-refractivity contribution in [2.45, 2.75) is 52.1 Å². The lowest BCUT2D eigenvalue weighted by molar-refractivity contribution is -0.0729. The standard InChI is InChI=1S/C11H22N2/c1-11(2,3)8-4-9-6-10(5-8)13(9)7-12/h8-10H,4-7,12H2,1-3H3. The number of hydrogen-bond donors (Lipinski definition) is 1. The summed E-state index contributed by atoms with van der Waals surface area (Å²) in [7, 11) is 0. The maximum Gasteiger partial charge on any atom is 0.0460 e. The summed E-state index contributed by atoms with van der Waals surface area (Å²) in [6.45, 7) is 7.88. The smallest absolute Gasteiger partial charge is 0.0460 e. The van der Waals surface area contributed by atoms with Gasteiger partial charge < -0.3 is 5.73 Å². The van der Waals surface area contributed by atoms with E-state index in [0.717, 1.165) is 24.7 Å². The molecule has 0 aromatic carbocycles. The Kier molecular flexibility index (Phi) is 2.16. The highest BCUT2D eigenvalue weighted by atomic mass is 15.3. The summed E-state index contributed by atoms with van der Waals surface area (Å²) < 4.78 is 0. The normalized spacial score (nSPS) is 40.2. The number of nitrogens with zero attached hydrogens (tertiary/aromatic N) is 1. The Hall–Kier alpha value is -0.0800. The number of fused-ring (bicyclic) bond motifs is 2. The number of nitrogens with two attached hydrogens (primary N) is 1. The van der Waals surface area contributed by atoms with Crippen LogP contribution < -0.4 is 5.73 Å². The van der Waals surface area contributed by atoms with Gasteiger partial charge in [-0.25, -0.2) is 0 Å². The van der Waals surface area contributed by atoms with Crippen molar-refractivity contribution in [2.75, 3.05) is 6.67 Å². The molecule has 3 aliphatic rings. The fraction of sp³-hybridized carbons (Fsp3) is 1.00. The van der Waals surface area contributed by atoms with Gasteiger partial charge in [0.1, 0.15) is 0 Å². The molecule has 2 heteroatoms. The van der Waals surface area contributed by atoms with Crippen molar-refractivity contribution in [1.82, 2.24) is 4.90 Å². The van der Waals surface area contributed by atoms with Gasteiger partial charge >= 0.3 is 0 Å². The first-order valence-electron chi connectivity index (χ1n) is 5.48.